The first-order valence-electron chi connectivity index (χ1n) is 5.80. The molecule has 3 aromatic rings. The Labute approximate surface area is 105 Å². The van der Waals surface area contributed by atoms with E-state index in [-0.39, 0.29) is 5.78 Å². The maximum atomic E-state index is 12.4. The molecule has 0 amide bonds. The molecule has 0 saturated carbocycles. The van der Waals surface area contributed by atoms with Crippen molar-refractivity contribution in [1.82, 2.24) is 9.38 Å². The van der Waals surface area contributed by atoms with Crippen LogP contribution in [0.2, 0.25) is 0 Å². The summed E-state index contributed by atoms with van der Waals surface area (Å²) < 4.78 is 1.88. The third-order valence-corrected chi connectivity index (χ3v) is 2.99. The Kier molecular flexibility index (Phi) is 2.45. The summed E-state index contributed by atoms with van der Waals surface area (Å²) in [5.41, 5.74) is 3.09. The number of ketones is 1. The summed E-state index contributed by atoms with van der Waals surface area (Å²) in [5.74, 6) is -0.00241. The number of rotatable bonds is 2. The number of carbonyl (C=O) groups excluding carboxylic acids is 1. The predicted molar refractivity (Wildman–Crippen MR) is 69.8 cm³/mol. The molecule has 0 radical (unpaired) electrons. The predicted octanol–water partition coefficient (Wildman–Crippen LogP) is 2.87. The van der Waals surface area contributed by atoms with Gasteiger partial charge >= 0.3 is 0 Å². The highest BCUT2D eigenvalue weighted by Gasteiger charge is 2.14. The molecule has 0 aliphatic carbocycles. The molecular formula is C15H12N2O. The number of imidazole rings is 1. The van der Waals surface area contributed by atoms with Gasteiger partial charge in [-0.2, -0.15) is 0 Å². The van der Waals surface area contributed by atoms with E-state index in [9.17, 15) is 4.79 Å². The van der Waals surface area contributed by atoms with Crippen LogP contribution in [-0.4, -0.2) is 15.2 Å². The zero-order valence-electron chi connectivity index (χ0n) is 10.00. The summed E-state index contributed by atoms with van der Waals surface area (Å²) in [6, 6.07) is 15.1. The molecule has 2 heterocycles. The Balaban J connectivity index is 2.19. The van der Waals surface area contributed by atoms with Gasteiger partial charge in [-0.05, 0) is 19.1 Å². The molecule has 18 heavy (non-hydrogen) atoms. The van der Waals surface area contributed by atoms with E-state index >= 15 is 0 Å². The molecule has 0 unspecified atom stereocenters. The van der Waals surface area contributed by atoms with Gasteiger partial charge in [-0.15, -0.1) is 0 Å². The lowest BCUT2D eigenvalue weighted by molar-refractivity contribution is 0.103. The van der Waals surface area contributed by atoms with Gasteiger partial charge in [0.15, 0.2) is 0 Å². The van der Waals surface area contributed by atoms with Crippen LogP contribution in [0.5, 0.6) is 0 Å². The van der Waals surface area contributed by atoms with Gasteiger partial charge in [-0.25, -0.2) is 4.98 Å². The third-order valence-electron chi connectivity index (χ3n) is 2.99. The zero-order valence-corrected chi connectivity index (χ0v) is 10.00. The van der Waals surface area contributed by atoms with Crippen LogP contribution in [0.1, 0.15) is 21.7 Å². The van der Waals surface area contributed by atoms with E-state index in [1.165, 1.54) is 0 Å². The first-order chi connectivity index (χ1) is 8.77. The highest BCUT2D eigenvalue weighted by Crippen LogP contribution is 2.14. The van der Waals surface area contributed by atoms with Gasteiger partial charge in [0.05, 0.1) is 6.20 Å². The number of aromatic nitrogens is 2. The van der Waals surface area contributed by atoms with Gasteiger partial charge in [0.1, 0.15) is 11.3 Å². The molecule has 2 aromatic heterocycles. The smallest absolute Gasteiger partial charge is 0.211 e. The van der Waals surface area contributed by atoms with E-state index in [1.807, 2.05) is 59.9 Å². The number of nitrogens with zero attached hydrogens (tertiary/aromatic N) is 2. The number of hydrogen-bond donors (Lipinski definition) is 0. The molecule has 0 aliphatic rings. The highest BCUT2D eigenvalue weighted by molar-refractivity contribution is 6.08. The standard InChI is InChI=1S/C15H12N2O/c1-11-6-5-9-14-16-10-13(17(11)14)15(18)12-7-3-2-4-8-12/h2-10H,1H3. The van der Waals surface area contributed by atoms with Gasteiger partial charge in [0.25, 0.3) is 0 Å². The molecule has 0 saturated heterocycles. The SMILES string of the molecule is Cc1cccc2ncc(C(=O)c3ccccc3)n12. The van der Waals surface area contributed by atoms with Crippen LogP contribution >= 0.6 is 0 Å². The first kappa shape index (κ1) is 10.7. The van der Waals surface area contributed by atoms with Crippen LogP contribution in [0.25, 0.3) is 5.65 Å². The van der Waals surface area contributed by atoms with Gasteiger partial charge in [-0.1, -0.05) is 36.4 Å². The normalized spacial score (nSPS) is 10.7. The number of pyridine rings is 1. The lowest BCUT2D eigenvalue weighted by Crippen LogP contribution is -2.06. The minimum Gasteiger partial charge on any atom is -0.294 e. The Bertz CT molecular complexity index is 714. The van der Waals surface area contributed by atoms with Crippen molar-refractivity contribution in [3.8, 4) is 0 Å². The lowest BCUT2D eigenvalue weighted by atomic mass is 10.1. The minimum atomic E-state index is -0.00241. The maximum Gasteiger partial charge on any atom is 0.211 e. The van der Waals surface area contributed by atoms with E-state index in [0.29, 0.717) is 11.3 Å². The molecule has 0 atom stereocenters. The van der Waals surface area contributed by atoms with Crippen LogP contribution < -0.4 is 0 Å². The maximum absolute atomic E-state index is 12.4. The van der Waals surface area contributed by atoms with Crippen molar-refractivity contribution in [1.29, 1.82) is 0 Å². The zero-order chi connectivity index (χ0) is 12.5. The van der Waals surface area contributed by atoms with Gasteiger partial charge in [0.2, 0.25) is 5.78 Å². The molecule has 0 spiro atoms. The van der Waals surface area contributed by atoms with Crippen molar-refractivity contribution < 1.29 is 4.79 Å². The summed E-state index contributed by atoms with van der Waals surface area (Å²) in [7, 11) is 0. The second-order valence-electron chi connectivity index (χ2n) is 4.20. The van der Waals surface area contributed by atoms with E-state index in [4.69, 9.17) is 0 Å². The van der Waals surface area contributed by atoms with Crippen molar-refractivity contribution in [2.24, 2.45) is 0 Å². The highest BCUT2D eigenvalue weighted by atomic mass is 16.1. The van der Waals surface area contributed by atoms with Gasteiger partial charge in [-0.3, -0.25) is 9.20 Å². The van der Waals surface area contributed by atoms with Crippen molar-refractivity contribution in [2.75, 3.05) is 0 Å². The first-order valence-corrected chi connectivity index (χ1v) is 5.80. The number of hydrogen-bond acceptors (Lipinski definition) is 2. The summed E-state index contributed by atoms with van der Waals surface area (Å²) >= 11 is 0. The molecule has 1 aromatic carbocycles. The molecule has 0 aliphatic heterocycles. The average Bonchev–Trinajstić information content (AvgIpc) is 2.84. The molecule has 3 heteroatoms. The Hall–Kier alpha value is -2.42. The lowest BCUT2D eigenvalue weighted by Gasteiger charge is -2.04. The minimum absolute atomic E-state index is 0.00241. The largest absolute Gasteiger partial charge is 0.294 e. The van der Waals surface area contributed by atoms with Crippen molar-refractivity contribution in [2.45, 2.75) is 6.92 Å². The number of fused-ring (bicyclic) bond motifs is 1. The Morgan fingerprint density at radius 3 is 2.61 bits per heavy atom. The number of benzene rings is 1. The Morgan fingerprint density at radius 2 is 1.83 bits per heavy atom. The third kappa shape index (κ3) is 1.61. The molecule has 3 rings (SSSR count). The average molecular weight is 236 g/mol. The molecule has 3 nitrogen and oxygen atoms in total. The number of carbonyl (C=O) groups is 1. The molecule has 0 bridgehead atoms. The van der Waals surface area contributed by atoms with Crippen LogP contribution in [0.4, 0.5) is 0 Å². The quantitative estimate of drug-likeness (QED) is 0.641. The van der Waals surface area contributed by atoms with Crippen LogP contribution in [0, 0.1) is 6.92 Å². The fraction of sp³-hybridized carbons (Fsp3) is 0.0667. The van der Waals surface area contributed by atoms with Crippen molar-refractivity contribution in [3.05, 3.63) is 71.7 Å². The van der Waals surface area contributed by atoms with Crippen LogP contribution in [0.3, 0.4) is 0 Å². The van der Waals surface area contributed by atoms with Crippen LogP contribution in [-0.2, 0) is 0 Å². The van der Waals surface area contributed by atoms with E-state index in [0.717, 1.165) is 11.3 Å². The number of aryl methyl sites for hydroxylation is 1. The second kappa shape index (κ2) is 4.11. The fourth-order valence-corrected chi connectivity index (χ4v) is 2.10. The topological polar surface area (TPSA) is 34.4 Å². The second-order valence-corrected chi connectivity index (χ2v) is 4.20. The summed E-state index contributed by atoms with van der Waals surface area (Å²) in [4.78, 5) is 16.7. The summed E-state index contributed by atoms with van der Waals surface area (Å²) in [5, 5.41) is 0. The van der Waals surface area contributed by atoms with E-state index in [2.05, 4.69) is 4.98 Å². The molecule has 88 valence electrons. The van der Waals surface area contributed by atoms with E-state index < -0.39 is 0 Å². The fourth-order valence-electron chi connectivity index (χ4n) is 2.10. The van der Waals surface area contributed by atoms with Gasteiger partial charge in [0, 0.05) is 11.3 Å². The Morgan fingerprint density at radius 1 is 1.06 bits per heavy atom. The molecular weight excluding hydrogens is 224 g/mol. The van der Waals surface area contributed by atoms with Gasteiger partial charge < -0.3 is 0 Å². The van der Waals surface area contributed by atoms with Crippen molar-refractivity contribution >= 4 is 11.4 Å². The van der Waals surface area contributed by atoms with Crippen LogP contribution in [0.15, 0.2) is 54.7 Å². The van der Waals surface area contributed by atoms with Crippen molar-refractivity contribution in [3.63, 3.8) is 0 Å². The summed E-state index contributed by atoms with van der Waals surface area (Å²) in [6.07, 6.45) is 1.64. The summed E-state index contributed by atoms with van der Waals surface area (Å²) in [6.45, 7) is 1.97. The monoisotopic (exact) mass is 236 g/mol. The molecule has 0 fully saturated rings. The molecule has 0 N–H and O–H groups in total. The van der Waals surface area contributed by atoms with E-state index in [1.54, 1.807) is 6.20 Å².